The van der Waals surface area contributed by atoms with Crippen molar-refractivity contribution in [2.45, 2.75) is 475 Å². The van der Waals surface area contributed by atoms with Crippen LogP contribution >= 0.6 is 0 Å². The van der Waals surface area contributed by atoms with E-state index in [1.165, 1.54) is 379 Å². The highest BCUT2D eigenvalue weighted by molar-refractivity contribution is 5.76. The Labute approximate surface area is 564 Å². The van der Waals surface area contributed by atoms with E-state index in [4.69, 9.17) is 4.74 Å². The van der Waals surface area contributed by atoms with Gasteiger partial charge in [-0.15, -0.1) is 0 Å². The van der Waals surface area contributed by atoms with Gasteiger partial charge in [0.2, 0.25) is 5.91 Å². The average molecular weight is 1270 g/mol. The predicted molar refractivity (Wildman–Crippen MR) is 398 cm³/mol. The molecule has 6 nitrogen and oxygen atoms in total. The van der Waals surface area contributed by atoms with Gasteiger partial charge in [-0.2, -0.15) is 0 Å². The molecular weight excluding hydrogens is 1100 g/mol. The Morgan fingerprint density at radius 3 is 0.856 bits per heavy atom. The van der Waals surface area contributed by atoms with Crippen LogP contribution in [0.4, 0.5) is 0 Å². The highest BCUT2D eigenvalue weighted by atomic mass is 16.5. The number of carbonyl (C=O) groups excluding carboxylic acids is 2. The van der Waals surface area contributed by atoms with Crippen LogP contribution < -0.4 is 5.32 Å². The summed E-state index contributed by atoms with van der Waals surface area (Å²) in [7, 11) is 0. The first kappa shape index (κ1) is 88.1. The fraction of sp³-hybridized carbons (Fsp3) is 0.905. The molecule has 532 valence electrons. The molecule has 90 heavy (non-hydrogen) atoms. The fourth-order valence-corrected chi connectivity index (χ4v) is 13.1. The zero-order valence-corrected chi connectivity index (χ0v) is 61.1. The van der Waals surface area contributed by atoms with Crippen molar-refractivity contribution in [2.24, 2.45) is 0 Å². The Kier molecular flexibility index (Phi) is 77.8. The van der Waals surface area contributed by atoms with Crippen LogP contribution in [0.5, 0.6) is 0 Å². The Hall–Kier alpha value is -1.92. The van der Waals surface area contributed by atoms with Gasteiger partial charge in [0.25, 0.3) is 0 Å². The van der Waals surface area contributed by atoms with Crippen LogP contribution in [0, 0.1) is 0 Å². The van der Waals surface area contributed by atoms with Crippen LogP contribution in [0.25, 0.3) is 0 Å². The minimum Gasteiger partial charge on any atom is -0.466 e. The molecule has 0 bridgehead atoms. The first-order valence-electron chi connectivity index (χ1n) is 41.2. The molecule has 0 spiro atoms. The van der Waals surface area contributed by atoms with Gasteiger partial charge in [-0.3, -0.25) is 9.59 Å². The summed E-state index contributed by atoms with van der Waals surface area (Å²) in [6, 6.07) is -0.542. The van der Waals surface area contributed by atoms with Crippen LogP contribution in [0.3, 0.4) is 0 Å². The molecule has 0 aliphatic rings. The second-order valence-corrected chi connectivity index (χ2v) is 28.5. The summed E-state index contributed by atoms with van der Waals surface area (Å²) in [6.45, 7) is 5.00. The summed E-state index contributed by atoms with van der Waals surface area (Å²) < 4.78 is 5.50. The lowest BCUT2D eigenvalue weighted by atomic mass is 10.0. The van der Waals surface area contributed by atoms with Gasteiger partial charge < -0.3 is 20.3 Å². The molecule has 0 aromatic rings. The molecule has 0 aromatic carbocycles. The predicted octanol–water partition coefficient (Wildman–Crippen LogP) is 27.4. The molecule has 0 radical (unpaired) electrons. The molecule has 6 heteroatoms. The van der Waals surface area contributed by atoms with E-state index in [0.717, 1.165) is 51.4 Å². The van der Waals surface area contributed by atoms with E-state index < -0.39 is 12.1 Å². The van der Waals surface area contributed by atoms with Crippen molar-refractivity contribution in [1.82, 2.24) is 5.32 Å². The van der Waals surface area contributed by atoms with Crippen LogP contribution in [-0.2, 0) is 14.3 Å². The molecule has 0 fully saturated rings. The van der Waals surface area contributed by atoms with Gasteiger partial charge in [0, 0.05) is 12.8 Å². The van der Waals surface area contributed by atoms with Gasteiger partial charge in [-0.25, -0.2) is 0 Å². The van der Waals surface area contributed by atoms with Crippen molar-refractivity contribution in [3.05, 3.63) is 36.5 Å². The highest BCUT2D eigenvalue weighted by Crippen LogP contribution is 2.20. The van der Waals surface area contributed by atoms with E-state index in [9.17, 15) is 19.8 Å². The monoisotopic (exact) mass is 1260 g/mol. The van der Waals surface area contributed by atoms with Crippen molar-refractivity contribution < 1.29 is 24.5 Å². The highest BCUT2D eigenvalue weighted by Gasteiger charge is 2.20. The average Bonchev–Trinajstić information content (AvgIpc) is 3.68. The summed E-state index contributed by atoms with van der Waals surface area (Å²) in [5.74, 6) is -0.0159. The Balaban J connectivity index is 3.38. The summed E-state index contributed by atoms with van der Waals surface area (Å²) in [4.78, 5) is 24.7. The number of amides is 1. The first-order chi connectivity index (χ1) is 44.5. The van der Waals surface area contributed by atoms with Gasteiger partial charge in [0.05, 0.1) is 25.4 Å². The van der Waals surface area contributed by atoms with Crippen molar-refractivity contribution in [3.8, 4) is 0 Å². The Bertz CT molecular complexity index is 1460. The molecule has 0 aromatic heterocycles. The molecule has 0 aliphatic heterocycles. The third-order valence-corrected chi connectivity index (χ3v) is 19.4. The third-order valence-electron chi connectivity index (χ3n) is 19.4. The number of ether oxygens (including phenoxy) is 1. The number of hydrogen-bond acceptors (Lipinski definition) is 5. The van der Waals surface area contributed by atoms with Gasteiger partial charge in [0.15, 0.2) is 0 Å². The summed E-state index contributed by atoms with van der Waals surface area (Å²) in [5, 5.41) is 23.5. The Morgan fingerprint density at radius 2 is 0.556 bits per heavy atom. The number of aliphatic hydroxyl groups excluding tert-OH is 2. The van der Waals surface area contributed by atoms with Crippen LogP contribution in [0.15, 0.2) is 36.5 Å². The van der Waals surface area contributed by atoms with Crippen LogP contribution in [0.2, 0.25) is 0 Å². The minimum absolute atomic E-state index is 0.0118. The molecule has 0 rings (SSSR count). The third kappa shape index (κ3) is 75.1. The number of allylic oxidation sites excluding steroid dienone is 6. The lowest BCUT2D eigenvalue weighted by molar-refractivity contribution is -0.143. The van der Waals surface area contributed by atoms with E-state index >= 15 is 0 Å². The van der Waals surface area contributed by atoms with E-state index in [1.807, 2.05) is 0 Å². The largest absolute Gasteiger partial charge is 0.466 e. The molecule has 0 aliphatic carbocycles. The second kappa shape index (κ2) is 79.5. The molecule has 3 N–H and O–H groups in total. The zero-order valence-electron chi connectivity index (χ0n) is 61.1. The minimum atomic E-state index is -0.665. The summed E-state index contributed by atoms with van der Waals surface area (Å²) in [5.41, 5.74) is 0. The lowest BCUT2D eigenvalue weighted by Crippen LogP contribution is -2.45. The van der Waals surface area contributed by atoms with Crippen molar-refractivity contribution in [1.29, 1.82) is 0 Å². The molecule has 0 saturated heterocycles. The standard InChI is InChI=1S/C84H161NO5/c1-3-5-7-9-11-13-15-17-19-21-22-23-35-38-41-45-48-52-56-60-64-68-72-76-82(87)81(80-86)85-83(88)77-73-69-65-61-57-53-49-46-42-39-36-33-31-29-27-25-24-26-28-30-32-34-37-40-43-47-51-55-59-63-67-71-75-79-90-84(89)78-74-70-66-62-58-54-50-44-20-18-16-14-12-10-8-6-4-2/h18,20,28,30,34,37,81-82,86-87H,3-17,19,21-27,29,31-33,35-36,38-80H2,1-2H3,(H,85,88)/b20-18-,30-28-,37-34-. The van der Waals surface area contributed by atoms with Crippen LogP contribution in [-0.4, -0.2) is 47.4 Å². The Morgan fingerprint density at radius 1 is 0.311 bits per heavy atom. The van der Waals surface area contributed by atoms with Crippen molar-refractivity contribution in [2.75, 3.05) is 13.2 Å². The molecular formula is C84H161NO5. The van der Waals surface area contributed by atoms with Gasteiger partial charge in [-0.05, 0) is 83.5 Å². The lowest BCUT2D eigenvalue weighted by Gasteiger charge is -2.22. The maximum absolute atomic E-state index is 12.6. The summed E-state index contributed by atoms with van der Waals surface area (Å²) in [6.07, 6.45) is 104. The number of nitrogens with one attached hydrogen (secondary N) is 1. The van der Waals surface area contributed by atoms with E-state index in [0.29, 0.717) is 25.9 Å². The molecule has 2 atom stereocenters. The summed E-state index contributed by atoms with van der Waals surface area (Å²) >= 11 is 0. The van der Waals surface area contributed by atoms with Crippen molar-refractivity contribution in [3.63, 3.8) is 0 Å². The normalized spacial score (nSPS) is 12.6. The number of hydrogen-bond donors (Lipinski definition) is 3. The van der Waals surface area contributed by atoms with E-state index in [1.54, 1.807) is 0 Å². The molecule has 0 heterocycles. The van der Waals surface area contributed by atoms with Crippen molar-refractivity contribution >= 4 is 11.9 Å². The van der Waals surface area contributed by atoms with Gasteiger partial charge >= 0.3 is 5.97 Å². The SMILES string of the molecule is CCCCCCCC/C=C\CCCCCCCCCC(=O)OCCCCCCCCCCC/C=C\C/C=C\CCCCCCCCCCCCCCCCCCCC(=O)NC(CO)C(O)CCCCCCCCCCCCCCCCCCCCCCCCC. The number of aliphatic hydroxyl groups is 2. The number of rotatable bonds is 78. The fourth-order valence-electron chi connectivity index (χ4n) is 13.1. The van der Waals surface area contributed by atoms with E-state index in [2.05, 4.69) is 55.6 Å². The topological polar surface area (TPSA) is 95.9 Å². The quantitative estimate of drug-likeness (QED) is 0.0320. The van der Waals surface area contributed by atoms with Crippen LogP contribution in [0.1, 0.15) is 463 Å². The second-order valence-electron chi connectivity index (χ2n) is 28.5. The van der Waals surface area contributed by atoms with Gasteiger partial charge in [0.1, 0.15) is 0 Å². The number of carbonyl (C=O) groups is 2. The number of esters is 1. The molecule has 0 saturated carbocycles. The molecule has 1 amide bonds. The van der Waals surface area contributed by atoms with Gasteiger partial charge in [-0.1, -0.05) is 403 Å². The maximum atomic E-state index is 12.6. The number of unbranched alkanes of at least 4 members (excludes halogenated alkanes) is 61. The smallest absolute Gasteiger partial charge is 0.305 e. The maximum Gasteiger partial charge on any atom is 0.305 e. The van der Waals surface area contributed by atoms with E-state index in [-0.39, 0.29) is 18.5 Å². The zero-order chi connectivity index (χ0) is 64.9. The first-order valence-corrected chi connectivity index (χ1v) is 41.2. The molecule has 2 unspecified atom stereocenters.